The second-order valence-electron chi connectivity index (χ2n) is 2.91. The number of primary amides is 2. The first-order chi connectivity index (χ1) is 6.54. The monoisotopic (exact) mass is 239 g/mol. The molecule has 0 aliphatic heterocycles. The van der Waals surface area contributed by atoms with Crippen molar-refractivity contribution in [3.8, 4) is 0 Å². The molecular weight excluding hydrogens is 218 g/mol. The van der Waals surface area contributed by atoms with Gasteiger partial charge in [0, 0.05) is 0 Å². The Bertz CT molecular complexity index is 149. The van der Waals surface area contributed by atoms with Crippen LogP contribution in [0, 0.1) is 0 Å². The van der Waals surface area contributed by atoms with Gasteiger partial charge in [0.2, 0.25) is 0 Å². The van der Waals surface area contributed by atoms with Crippen molar-refractivity contribution >= 4 is 24.5 Å². The lowest BCUT2D eigenvalue weighted by Crippen LogP contribution is -2.38. The Morgan fingerprint density at radius 2 is 1.27 bits per heavy atom. The van der Waals surface area contributed by atoms with Crippen LogP contribution in [0.1, 0.15) is 46.0 Å². The summed E-state index contributed by atoms with van der Waals surface area (Å²) >= 11 is 0. The number of imide groups is 1. The molecule has 0 aromatic carbocycles. The SMILES string of the molecule is CCCCCCC.Cl.NC(=O)NC(N)=O. The number of nitrogens with one attached hydrogen (secondary N) is 1. The van der Waals surface area contributed by atoms with Crippen LogP contribution in [0.2, 0.25) is 0 Å². The van der Waals surface area contributed by atoms with E-state index in [-0.39, 0.29) is 12.4 Å². The maximum atomic E-state index is 9.62. The number of hydrogen-bond donors (Lipinski definition) is 3. The number of carbonyl (C=O) groups excluding carboxylic acids is 2. The minimum atomic E-state index is -0.938. The van der Waals surface area contributed by atoms with Gasteiger partial charge in [-0.1, -0.05) is 46.0 Å². The van der Waals surface area contributed by atoms with Crippen LogP contribution in [0.5, 0.6) is 0 Å². The summed E-state index contributed by atoms with van der Waals surface area (Å²) in [5.41, 5.74) is 8.88. The van der Waals surface area contributed by atoms with Gasteiger partial charge in [-0.3, -0.25) is 5.32 Å². The highest BCUT2D eigenvalue weighted by molar-refractivity contribution is 5.91. The number of amides is 4. The fourth-order valence-electron chi connectivity index (χ4n) is 0.798. The molecule has 92 valence electrons. The highest BCUT2D eigenvalue weighted by Crippen LogP contribution is 2.00. The fraction of sp³-hybridized carbons (Fsp3) is 0.778. The smallest absolute Gasteiger partial charge is 0.320 e. The van der Waals surface area contributed by atoms with Crippen molar-refractivity contribution in [1.29, 1.82) is 0 Å². The van der Waals surface area contributed by atoms with Gasteiger partial charge in [-0.15, -0.1) is 12.4 Å². The maximum absolute atomic E-state index is 9.62. The lowest BCUT2D eigenvalue weighted by Gasteiger charge is -1.90. The van der Waals surface area contributed by atoms with E-state index in [2.05, 4.69) is 25.3 Å². The van der Waals surface area contributed by atoms with Crippen molar-refractivity contribution in [1.82, 2.24) is 5.32 Å². The molecule has 15 heavy (non-hydrogen) atoms. The second-order valence-corrected chi connectivity index (χ2v) is 2.91. The molecule has 0 bridgehead atoms. The molecule has 0 atom stereocenters. The third-order valence-electron chi connectivity index (χ3n) is 1.45. The molecule has 5 nitrogen and oxygen atoms in total. The molecule has 5 N–H and O–H groups in total. The molecule has 6 heteroatoms. The molecule has 0 fully saturated rings. The molecule has 0 aliphatic carbocycles. The molecule has 4 amide bonds. The molecule has 0 aromatic rings. The summed E-state index contributed by atoms with van der Waals surface area (Å²) in [7, 11) is 0. The lowest BCUT2D eigenvalue weighted by atomic mass is 10.2. The fourth-order valence-corrected chi connectivity index (χ4v) is 0.798. The summed E-state index contributed by atoms with van der Waals surface area (Å²) in [4.78, 5) is 19.2. The Morgan fingerprint density at radius 1 is 0.933 bits per heavy atom. The van der Waals surface area contributed by atoms with Gasteiger partial charge in [-0.05, 0) is 0 Å². The number of halogens is 1. The van der Waals surface area contributed by atoms with E-state index >= 15 is 0 Å². The molecular formula is C9H22ClN3O2. The Labute approximate surface area is 97.4 Å². The standard InChI is InChI=1S/C7H16.C2H5N3O2.ClH/c1-3-5-7-6-4-2;3-1(6)5-2(4)7;/h3-7H2,1-2H3;(H5,3,4,5,6,7);1H. The first-order valence-corrected chi connectivity index (χ1v) is 4.90. The Balaban J connectivity index is -0.000000180. The number of hydrogen-bond acceptors (Lipinski definition) is 2. The van der Waals surface area contributed by atoms with Crippen LogP contribution < -0.4 is 16.8 Å². The Hall–Kier alpha value is -0.970. The molecule has 0 heterocycles. The molecule has 0 spiro atoms. The Kier molecular flexibility index (Phi) is 20.2. The van der Waals surface area contributed by atoms with Gasteiger partial charge < -0.3 is 11.5 Å². The normalized spacial score (nSPS) is 7.87. The van der Waals surface area contributed by atoms with Crippen LogP contribution in [0.25, 0.3) is 0 Å². The van der Waals surface area contributed by atoms with Gasteiger partial charge in [0.1, 0.15) is 0 Å². The molecule has 0 rings (SSSR count). The predicted molar refractivity (Wildman–Crippen MR) is 64.0 cm³/mol. The van der Waals surface area contributed by atoms with Crippen LogP contribution >= 0.6 is 12.4 Å². The number of carbonyl (C=O) groups is 2. The van der Waals surface area contributed by atoms with Crippen molar-refractivity contribution in [2.75, 3.05) is 0 Å². The molecule has 0 radical (unpaired) electrons. The molecule has 0 aromatic heterocycles. The molecule has 0 unspecified atom stereocenters. The van der Waals surface area contributed by atoms with E-state index in [4.69, 9.17) is 0 Å². The van der Waals surface area contributed by atoms with Crippen LogP contribution in [-0.2, 0) is 0 Å². The summed E-state index contributed by atoms with van der Waals surface area (Å²) < 4.78 is 0. The van der Waals surface area contributed by atoms with E-state index in [9.17, 15) is 9.59 Å². The highest BCUT2D eigenvalue weighted by Gasteiger charge is 1.92. The van der Waals surface area contributed by atoms with Crippen LogP contribution in [-0.4, -0.2) is 12.1 Å². The maximum Gasteiger partial charge on any atom is 0.320 e. The minimum absolute atomic E-state index is 0. The topological polar surface area (TPSA) is 98.2 Å². The van der Waals surface area contributed by atoms with Gasteiger partial charge in [-0.25, -0.2) is 9.59 Å². The first kappa shape index (κ1) is 19.6. The quantitative estimate of drug-likeness (QED) is 0.655. The van der Waals surface area contributed by atoms with Gasteiger partial charge in [0.05, 0.1) is 0 Å². The molecule has 0 saturated carbocycles. The zero-order chi connectivity index (χ0) is 11.4. The van der Waals surface area contributed by atoms with E-state index in [1.807, 2.05) is 0 Å². The van der Waals surface area contributed by atoms with Crippen LogP contribution in [0.3, 0.4) is 0 Å². The third-order valence-corrected chi connectivity index (χ3v) is 1.45. The second kappa shape index (κ2) is 15.5. The van der Waals surface area contributed by atoms with Gasteiger partial charge >= 0.3 is 12.1 Å². The summed E-state index contributed by atoms with van der Waals surface area (Å²) in [5, 5.41) is 1.58. The largest absolute Gasteiger partial charge is 0.351 e. The van der Waals surface area contributed by atoms with Crippen molar-refractivity contribution in [3.63, 3.8) is 0 Å². The van der Waals surface area contributed by atoms with Gasteiger partial charge in [-0.2, -0.15) is 0 Å². The minimum Gasteiger partial charge on any atom is -0.351 e. The van der Waals surface area contributed by atoms with Crippen LogP contribution in [0.4, 0.5) is 9.59 Å². The number of rotatable bonds is 4. The number of urea groups is 2. The predicted octanol–water partition coefficient (Wildman–Crippen LogP) is 2.13. The van der Waals surface area contributed by atoms with Crippen molar-refractivity contribution in [3.05, 3.63) is 0 Å². The van der Waals surface area contributed by atoms with Crippen molar-refractivity contribution < 1.29 is 9.59 Å². The summed E-state index contributed by atoms with van der Waals surface area (Å²) in [6, 6.07) is -1.88. The molecule has 0 aliphatic rings. The summed E-state index contributed by atoms with van der Waals surface area (Å²) in [6.07, 6.45) is 7.01. The van der Waals surface area contributed by atoms with E-state index in [0.29, 0.717) is 0 Å². The average Bonchev–Trinajstić information content (AvgIpc) is 2.04. The van der Waals surface area contributed by atoms with E-state index in [1.54, 1.807) is 5.32 Å². The van der Waals surface area contributed by atoms with Crippen LogP contribution in [0.15, 0.2) is 0 Å². The first-order valence-electron chi connectivity index (χ1n) is 4.90. The third kappa shape index (κ3) is 32.1. The van der Waals surface area contributed by atoms with E-state index in [1.165, 1.54) is 32.1 Å². The highest BCUT2D eigenvalue weighted by atomic mass is 35.5. The number of nitrogens with two attached hydrogens (primary N) is 2. The van der Waals surface area contributed by atoms with Gasteiger partial charge in [0.15, 0.2) is 0 Å². The van der Waals surface area contributed by atoms with Crippen molar-refractivity contribution in [2.45, 2.75) is 46.0 Å². The van der Waals surface area contributed by atoms with E-state index < -0.39 is 12.1 Å². The lowest BCUT2D eigenvalue weighted by molar-refractivity contribution is 0.236. The average molecular weight is 240 g/mol. The van der Waals surface area contributed by atoms with Crippen molar-refractivity contribution in [2.24, 2.45) is 11.5 Å². The zero-order valence-corrected chi connectivity index (χ0v) is 10.2. The Morgan fingerprint density at radius 3 is 1.40 bits per heavy atom. The number of unbranched alkanes of at least 4 members (excludes halogenated alkanes) is 4. The van der Waals surface area contributed by atoms with E-state index in [0.717, 1.165) is 0 Å². The summed E-state index contributed by atoms with van der Waals surface area (Å²) in [6.45, 7) is 4.49. The molecule has 0 saturated heterocycles. The van der Waals surface area contributed by atoms with Gasteiger partial charge in [0.25, 0.3) is 0 Å². The summed E-state index contributed by atoms with van der Waals surface area (Å²) in [5.74, 6) is 0. The zero-order valence-electron chi connectivity index (χ0n) is 9.41.